The van der Waals surface area contributed by atoms with E-state index in [2.05, 4.69) is 20.0 Å². The Hall–Kier alpha value is -3.17. The van der Waals surface area contributed by atoms with Crippen LogP contribution in [-0.4, -0.2) is 40.6 Å². The van der Waals surface area contributed by atoms with E-state index >= 15 is 0 Å². The number of carbonyl (C=O) groups is 1. The van der Waals surface area contributed by atoms with E-state index in [1.54, 1.807) is 17.2 Å². The average Bonchev–Trinajstić information content (AvgIpc) is 2.69. The van der Waals surface area contributed by atoms with Crippen LogP contribution in [0.3, 0.4) is 0 Å². The van der Waals surface area contributed by atoms with Gasteiger partial charge in [0.05, 0.1) is 11.9 Å². The number of nitrogens with one attached hydrogen (secondary N) is 1. The van der Waals surface area contributed by atoms with Crippen LogP contribution in [0.25, 0.3) is 0 Å². The fourth-order valence-corrected chi connectivity index (χ4v) is 3.17. The van der Waals surface area contributed by atoms with Gasteiger partial charge in [-0.15, -0.1) is 13.2 Å². The van der Waals surface area contributed by atoms with Gasteiger partial charge in [0, 0.05) is 31.6 Å². The summed E-state index contributed by atoms with van der Waals surface area (Å²) >= 11 is 0. The van der Waals surface area contributed by atoms with Crippen LogP contribution in [0.2, 0.25) is 0 Å². The van der Waals surface area contributed by atoms with E-state index < -0.39 is 18.1 Å². The lowest BCUT2D eigenvalue weighted by atomic mass is 9.89. The lowest BCUT2D eigenvalue weighted by molar-refractivity contribution is -0.276. The molecule has 1 N–H and O–H groups in total. The molecule has 0 saturated carbocycles. The molecule has 6 nitrogen and oxygen atoms in total. The summed E-state index contributed by atoms with van der Waals surface area (Å²) in [6.07, 6.45) is 0.900. The minimum absolute atomic E-state index is 0.163. The predicted molar refractivity (Wildman–Crippen MR) is 97.2 cm³/mol. The van der Waals surface area contributed by atoms with E-state index in [1.807, 2.05) is 6.07 Å². The van der Waals surface area contributed by atoms with Gasteiger partial charge in [0.2, 0.25) is 5.88 Å². The van der Waals surface area contributed by atoms with Crippen molar-refractivity contribution in [2.45, 2.75) is 25.1 Å². The average molecular weight is 410 g/mol. The maximum absolute atomic E-state index is 13.1. The highest BCUT2D eigenvalue weighted by Crippen LogP contribution is 2.33. The molecule has 0 spiro atoms. The number of hydrogen-bond acceptors (Lipinski definition) is 6. The van der Waals surface area contributed by atoms with Crippen LogP contribution in [-0.2, 0) is 4.79 Å². The van der Waals surface area contributed by atoms with Crippen LogP contribution in [0.5, 0.6) is 5.88 Å². The number of carbonyl (C=O) groups excluding carboxylic acids is 1. The number of piperidine rings is 1. The van der Waals surface area contributed by atoms with Gasteiger partial charge < -0.3 is 15.0 Å². The molecular weight excluding hydrogens is 392 g/mol. The fourth-order valence-electron chi connectivity index (χ4n) is 3.17. The minimum Gasteiger partial charge on any atom is -0.388 e. The van der Waals surface area contributed by atoms with Crippen molar-refractivity contribution in [3.05, 3.63) is 54.2 Å². The third kappa shape index (κ3) is 5.90. The SMILES string of the molecule is O=CC(F)=CN1CCC(c2cccnc2Nc2ccc(OC(F)(F)F)nc2)CC1. The van der Waals surface area contributed by atoms with Gasteiger partial charge in [0.25, 0.3) is 0 Å². The molecule has 0 aromatic carbocycles. The number of aromatic nitrogens is 2. The molecule has 1 aliphatic heterocycles. The number of anilines is 2. The number of likely N-dealkylation sites (tertiary alicyclic amines) is 1. The van der Waals surface area contributed by atoms with Crippen molar-refractivity contribution in [2.75, 3.05) is 18.4 Å². The van der Waals surface area contributed by atoms with Gasteiger partial charge in [0.1, 0.15) is 5.82 Å². The third-order valence-electron chi connectivity index (χ3n) is 4.45. The molecule has 0 atom stereocenters. The van der Waals surface area contributed by atoms with Gasteiger partial charge in [-0.25, -0.2) is 14.4 Å². The second-order valence-corrected chi connectivity index (χ2v) is 6.44. The lowest BCUT2D eigenvalue weighted by Crippen LogP contribution is -2.29. The molecule has 154 valence electrons. The summed E-state index contributed by atoms with van der Waals surface area (Å²) in [6, 6.07) is 6.26. The normalized spacial score (nSPS) is 15.9. The molecule has 0 aliphatic carbocycles. The van der Waals surface area contributed by atoms with Crippen LogP contribution < -0.4 is 10.1 Å². The molecular formula is C19H18F4N4O2. The van der Waals surface area contributed by atoms with E-state index in [1.165, 1.54) is 18.5 Å². The van der Waals surface area contributed by atoms with Crippen LogP contribution in [0.15, 0.2) is 48.7 Å². The van der Waals surface area contributed by atoms with Crippen molar-refractivity contribution in [3.63, 3.8) is 0 Å². The molecule has 29 heavy (non-hydrogen) atoms. The number of ether oxygens (including phenoxy) is 1. The van der Waals surface area contributed by atoms with E-state index in [4.69, 9.17) is 0 Å². The van der Waals surface area contributed by atoms with E-state index in [-0.39, 0.29) is 12.2 Å². The number of hydrogen-bond donors (Lipinski definition) is 1. The zero-order valence-corrected chi connectivity index (χ0v) is 15.2. The molecule has 3 rings (SSSR count). The molecule has 1 saturated heterocycles. The summed E-state index contributed by atoms with van der Waals surface area (Å²) in [4.78, 5) is 20.1. The maximum Gasteiger partial charge on any atom is 0.574 e. The third-order valence-corrected chi connectivity index (χ3v) is 4.45. The molecule has 0 bridgehead atoms. The summed E-state index contributed by atoms with van der Waals surface area (Å²) in [6.45, 7) is 1.18. The molecule has 1 aliphatic rings. The minimum atomic E-state index is -4.80. The number of allylic oxidation sites excluding steroid dienone is 1. The number of pyridine rings is 2. The Morgan fingerprint density at radius 1 is 1.21 bits per heavy atom. The monoisotopic (exact) mass is 410 g/mol. The smallest absolute Gasteiger partial charge is 0.388 e. The molecule has 3 heterocycles. The largest absolute Gasteiger partial charge is 0.574 e. The summed E-state index contributed by atoms with van der Waals surface area (Å²) in [5, 5.41) is 3.07. The molecule has 0 unspecified atom stereocenters. The predicted octanol–water partition coefficient (Wildman–Crippen LogP) is 4.31. The van der Waals surface area contributed by atoms with Crippen molar-refractivity contribution >= 4 is 17.8 Å². The van der Waals surface area contributed by atoms with E-state index in [0.717, 1.165) is 24.5 Å². The molecule has 2 aromatic rings. The molecule has 1 fully saturated rings. The Morgan fingerprint density at radius 3 is 2.59 bits per heavy atom. The second-order valence-electron chi connectivity index (χ2n) is 6.44. The highest BCUT2D eigenvalue weighted by molar-refractivity contribution is 5.69. The first-order valence-electron chi connectivity index (χ1n) is 8.84. The highest BCUT2D eigenvalue weighted by Gasteiger charge is 2.31. The summed E-state index contributed by atoms with van der Waals surface area (Å²) in [7, 11) is 0. The number of rotatable bonds is 6. The Balaban J connectivity index is 1.68. The first-order chi connectivity index (χ1) is 13.8. The first kappa shape index (κ1) is 20.6. The van der Waals surface area contributed by atoms with Crippen LogP contribution in [0, 0.1) is 0 Å². The van der Waals surface area contributed by atoms with Gasteiger partial charge in [-0.05, 0) is 36.5 Å². The molecule has 0 amide bonds. The number of halogens is 4. The Labute approximate surface area is 164 Å². The standard InChI is InChI=1S/C19H18F4N4O2/c20-14(12-28)11-27-8-5-13(6-9-27)16-2-1-7-24-18(16)26-15-3-4-17(25-10-15)29-19(21,22)23/h1-4,7,10-13H,5-6,8-9H2,(H,24,26). The van der Waals surface area contributed by atoms with Crippen LogP contribution in [0.1, 0.15) is 24.3 Å². The topological polar surface area (TPSA) is 67.4 Å². The Bertz CT molecular complexity index is 863. The molecule has 10 heteroatoms. The summed E-state index contributed by atoms with van der Waals surface area (Å²) in [5.41, 5.74) is 1.41. The quantitative estimate of drug-likeness (QED) is 0.435. The van der Waals surface area contributed by atoms with Crippen LogP contribution in [0.4, 0.5) is 29.1 Å². The zero-order valence-electron chi connectivity index (χ0n) is 15.2. The molecule has 0 radical (unpaired) electrons. The van der Waals surface area contributed by atoms with Crippen molar-refractivity contribution in [3.8, 4) is 5.88 Å². The van der Waals surface area contributed by atoms with E-state index in [0.29, 0.717) is 24.6 Å². The summed E-state index contributed by atoms with van der Waals surface area (Å²) in [5.74, 6) is -0.618. The number of aldehydes is 1. The van der Waals surface area contributed by atoms with E-state index in [9.17, 15) is 22.4 Å². The van der Waals surface area contributed by atoms with Gasteiger partial charge in [0.15, 0.2) is 12.1 Å². The van der Waals surface area contributed by atoms with Gasteiger partial charge in [-0.1, -0.05) is 6.07 Å². The summed E-state index contributed by atoms with van der Waals surface area (Å²) < 4.78 is 53.6. The zero-order chi connectivity index (χ0) is 20.9. The number of nitrogens with zero attached hydrogens (tertiary/aromatic N) is 3. The Kier molecular flexibility index (Phi) is 6.30. The highest BCUT2D eigenvalue weighted by atomic mass is 19.4. The Morgan fingerprint density at radius 2 is 1.97 bits per heavy atom. The molecule has 2 aromatic heterocycles. The fraction of sp³-hybridized carbons (Fsp3) is 0.316. The number of alkyl halides is 3. The van der Waals surface area contributed by atoms with Gasteiger partial charge >= 0.3 is 6.36 Å². The van der Waals surface area contributed by atoms with Crippen molar-refractivity contribution in [2.24, 2.45) is 0 Å². The first-order valence-corrected chi connectivity index (χ1v) is 8.84. The van der Waals surface area contributed by atoms with Crippen LogP contribution >= 0.6 is 0 Å². The second kappa shape index (κ2) is 8.89. The van der Waals surface area contributed by atoms with Gasteiger partial charge in [-0.3, -0.25) is 4.79 Å². The maximum atomic E-state index is 13.1. The lowest BCUT2D eigenvalue weighted by Gasteiger charge is -2.31. The van der Waals surface area contributed by atoms with Crippen molar-refractivity contribution in [1.29, 1.82) is 0 Å². The van der Waals surface area contributed by atoms with Crippen molar-refractivity contribution < 1.29 is 27.1 Å². The van der Waals surface area contributed by atoms with Crippen molar-refractivity contribution in [1.82, 2.24) is 14.9 Å². The van der Waals surface area contributed by atoms with Gasteiger partial charge in [-0.2, -0.15) is 0 Å².